The number of para-hydroxylation sites is 1. The third-order valence-corrected chi connectivity index (χ3v) is 3.49. The smallest absolute Gasteiger partial charge is 0.291 e. The summed E-state index contributed by atoms with van der Waals surface area (Å²) in [5.74, 6) is 0.206. The summed E-state index contributed by atoms with van der Waals surface area (Å²) in [7, 11) is 0. The first-order chi connectivity index (χ1) is 10.5. The quantitative estimate of drug-likeness (QED) is 0.853. The summed E-state index contributed by atoms with van der Waals surface area (Å²) in [6, 6.07) is 7.21. The summed E-state index contributed by atoms with van der Waals surface area (Å²) >= 11 is 6.13. The Labute approximate surface area is 134 Å². The molecule has 1 aromatic heterocycles. The predicted molar refractivity (Wildman–Crippen MR) is 84.4 cm³/mol. The SMILES string of the molecule is CCCC(O)CNC(=O)c1nc(C)n(-c2ccccc2Cl)n1. The Hall–Kier alpha value is -1.92. The Kier molecular flexibility index (Phi) is 5.51. The molecule has 7 heteroatoms. The van der Waals surface area contributed by atoms with E-state index in [0.717, 1.165) is 6.42 Å². The number of hydrogen-bond donors (Lipinski definition) is 2. The number of aliphatic hydroxyl groups is 1. The molecule has 1 aromatic carbocycles. The Balaban J connectivity index is 2.13. The molecule has 0 fully saturated rings. The van der Waals surface area contributed by atoms with Crippen LogP contribution in [0.2, 0.25) is 5.02 Å². The predicted octanol–water partition coefficient (Wildman–Crippen LogP) is 2.12. The van der Waals surface area contributed by atoms with E-state index in [2.05, 4.69) is 15.4 Å². The van der Waals surface area contributed by atoms with Gasteiger partial charge in [0.15, 0.2) is 0 Å². The second kappa shape index (κ2) is 7.38. The minimum absolute atomic E-state index is 0.0566. The highest BCUT2D eigenvalue weighted by Crippen LogP contribution is 2.20. The zero-order chi connectivity index (χ0) is 16.1. The number of aliphatic hydroxyl groups excluding tert-OH is 1. The Morgan fingerprint density at radius 2 is 2.18 bits per heavy atom. The van der Waals surface area contributed by atoms with Gasteiger partial charge in [0.05, 0.1) is 16.8 Å². The van der Waals surface area contributed by atoms with Gasteiger partial charge in [-0.2, -0.15) is 0 Å². The highest BCUT2D eigenvalue weighted by atomic mass is 35.5. The molecule has 0 saturated carbocycles. The van der Waals surface area contributed by atoms with Crippen molar-refractivity contribution in [2.75, 3.05) is 6.54 Å². The zero-order valence-corrected chi connectivity index (χ0v) is 13.3. The summed E-state index contributed by atoms with van der Waals surface area (Å²) in [6.45, 7) is 3.91. The monoisotopic (exact) mass is 322 g/mol. The molecule has 6 nitrogen and oxygen atoms in total. The van der Waals surface area contributed by atoms with Gasteiger partial charge in [-0.3, -0.25) is 4.79 Å². The number of nitrogens with one attached hydrogen (secondary N) is 1. The summed E-state index contributed by atoms with van der Waals surface area (Å²) in [6.07, 6.45) is 0.941. The Morgan fingerprint density at radius 1 is 1.45 bits per heavy atom. The van der Waals surface area contributed by atoms with Gasteiger partial charge in [0, 0.05) is 6.54 Å². The van der Waals surface area contributed by atoms with Crippen LogP contribution in [0.25, 0.3) is 5.69 Å². The summed E-state index contributed by atoms with van der Waals surface area (Å²) < 4.78 is 1.53. The molecule has 0 aliphatic heterocycles. The van der Waals surface area contributed by atoms with Crippen molar-refractivity contribution in [2.45, 2.75) is 32.8 Å². The van der Waals surface area contributed by atoms with Crippen LogP contribution < -0.4 is 5.32 Å². The van der Waals surface area contributed by atoms with Crippen molar-refractivity contribution in [3.8, 4) is 5.69 Å². The third-order valence-electron chi connectivity index (χ3n) is 3.17. The molecule has 0 saturated heterocycles. The average Bonchev–Trinajstić information content (AvgIpc) is 2.87. The summed E-state index contributed by atoms with van der Waals surface area (Å²) in [4.78, 5) is 16.2. The first kappa shape index (κ1) is 16.5. The number of amides is 1. The number of rotatable bonds is 6. The van der Waals surface area contributed by atoms with E-state index in [-0.39, 0.29) is 12.4 Å². The Morgan fingerprint density at radius 3 is 2.86 bits per heavy atom. The maximum absolute atomic E-state index is 12.0. The zero-order valence-electron chi connectivity index (χ0n) is 12.6. The third kappa shape index (κ3) is 3.84. The van der Waals surface area contributed by atoms with Crippen molar-refractivity contribution < 1.29 is 9.90 Å². The molecule has 0 radical (unpaired) electrons. The van der Waals surface area contributed by atoms with Crippen LogP contribution in [-0.4, -0.2) is 38.4 Å². The number of halogens is 1. The number of aromatic nitrogens is 3. The van der Waals surface area contributed by atoms with Crippen molar-refractivity contribution in [2.24, 2.45) is 0 Å². The molecule has 118 valence electrons. The lowest BCUT2D eigenvalue weighted by atomic mass is 10.2. The van der Waals surface area contributed by atoms with Crippen LogP contribution in [0.15, 0.2) is 24.3 Å². The van der Waals surface area contributed by atoms with Gasteiger partial charge >= 0.3 is 0 Å². The van der Waals surface area contributed by atoms with Gasteiger partial charge in [-0.25, -0.2) is 9.67 Å². The lowest BCUT2D eigenvalue weighted by Crippen LogP contribution is -2.32. The minimum atomic E-state index is -0.555. The van der Waals surface area contributed by atoms with Gasteiger partial charge in [0.25, 0.3) is 5.91 Å². The van der Waals surface area contributed by atoms with Gasteiger partial charge in [-0.15, -0.1) is 5.10 Å². The van der Waals surface area contributed by atoms with E-state index in [1.54, 1.807) is 19.1 Å². The van der Waals surface area contributed by atoms with Crippen LogP contribution in [0.3, 0.4) is 0 Å². The topological polar surface area (TPSA) is 80.0 Å². The van der Waals surface area contributed by atoms with Crippen LogP contribution in [0.4, 0.5) is 0 Å². The molecular weight excluding hydrogens is 304 g/mol. The van der Waals surface area contributed by atoms with Gasteiger partial charge in [-0.05, 0) is 25.5 Å². The van der Waals surface area contributed by atoms with Crippen LogP contribution in [0.1, 0.15) is 36.2 Å². The normalized spacial score (nSPS) is 12.2. The van der Waals surface area contributed by atoms with Gasteiger partial charge in [0.1, 0.15) is 5.82 Å². The number of carbonyl (C=O) groups is 1. The molecule has 1 atom stereocenters. The largest absolute Gasteiger partial charge is 0.391 e. The number of hydrogen-bond acceptors (Lipinski definition) is 4. The van der Waals surface area contributed by atoms with Gasteiger partial charge in [-0.1, -0.05) is 37.1 Å². The first-order valence-corrected chi connectivity index (χ1v) is 7.55. The molecule has 0 bridgehead atoms. The van der Waals surface area contributed by atoms with E-state index in [9.17, 15) is 9.90 Å². The van der Waals surface area contributed by atoms with Crippen molar-refractivity contribution in [3.63, 3.8) is 0 Å². The van der Waals surface area contributed by atoms with Crippen LogP contribution in [-0.2, 0) is 0 Å². The molecule has 0 aliphatic rings. The van der Waals surface area contributed by atoms with Crippen LogP contribution >= 0.6 is 11.6 Å². The molecule has 1 amide bonds. The van der Waals surface area contributed by atoms with Crippen LogP contribution in [0.5, 0.6) is 0 Å². The van der Waals surface area contributed by atoms with Crippen molar-refractivity contribution in [3.05, 3.63) is 40.9 Å². The number of carbonyl (C=O) groups excluding carboxylic acids is 1. The second-order valence-corrected chi connectivity index (χ2v) is 5.41. The van der Waals surface area contributed by atoms with E-state index < -0.39 is 12.0 Å². The average molecular weight is 323 g/mol. The van der Waals surface area contributed by atoms with E-state index in [1.165, 1.54) is 4.68 Å². The molecular formula is C15H19ClN4O2. The van der Waals surface area contributed by atoms with Crippen molar-refractivity contribution >= 4 is 17.5 Å². The standard InChI is InChI=1S/C15H19ClN4O2/c1-3-6-11(21)9-17-15(22)14-18-10(2)20(19-14)13-8-5-4-7-12(13)16/h4-5,7-8,11,21H,3,6,9H2,1-2H3,(H,17,22). The molecule has 0 spiro atoms. The molecule has 22 heavy (non-hydrogen) atoms. The molecule has 0 aliphatic carbocycles. The Bertz CT molecular complexity index is 657. The van der Waals surface area contributed by atoms with E-state index in [4.69, 9.17) is 11.6 Å². The molecule has 1 unspecified atom stereocenters. The highest BCUT2D eigenvalue weighted by Gasteiger charge is 2.17. The highest BCUT2D eigenvalue weighted by molar-refractivity contribution is 6.32. The lowest BCUT2D eigenvalue weighted by Gasteiger charge is -2.09. The van der Waals surface area contributed by atoms with Gasteiger partial charge < -0.3 is 10.4 Å². The second-order valence-electron chi connectivity index (χ2n) is 5.00. The fraction of sp³-hybridized carbons (Fsp3) is 0.400. The van der Waals surface area contributed by atoms with E-state index in [1.807, 2.05) is 19.1 Å². The maximum atomic E-state index is 12.0. The summed E-state index contributed by atoms with van der Waals surface area (Å²) in [5, 5.41) is 17.0. The molecule has 2 aromatic rings. The maximum Gasteiger partial charge on any atom is 0.291 e. The molecule has 2 N–H and O–H groups in total. The first-order valence-electron chi connectivity index (χ1n) is 7.17. The fourth-order valence-electron chi connectivity index (χ4n) is 2.06. The summed E-state index contributed by atoms with van der Waals surface area (Å²) in [5.41, 5.74) is 0.666. The van der Waals surface area contributed by atoms with Crippen LogP contribution in [0, 0.1) is 6.92 Å². The molecule has 1 heterocycles. The number of aryl methyl sites for hydroxylation is 1. The van der Waals surface area contributed by atoms with Gasteiger partial charge in [0.2, 0.25) is 5.82 Å². The lowest BCUT2D eigenvalue weighted by molar-refractivity contribution is 0.0900. The van der Waals surface area contributed by atoms with E-state index in [0.29, 0.717) is 23.0 Å². The van der Waals surface area contributed by atoms with E-state index >= 15 is 0 Å². The van der Waals surface area contributed by atoms with Crippen molar-refractivity contribution in [1.29, 1.82) is 0 Å². The minimum Gasteiger partial charge on any atom is -0.391 e. The molecule has 2 rings (SSSR count). The fourth-order valence-corrected chi connectivity index (χ4v) is 2.28. The van der Waals surface area contributed by atoms with Crippen molar-refractivity contribution in [1.82, 2.24) is 20.1 Å². The number of nitrogens with zero attached hydrogens (tertiary/aromatic N) is 3. The number of benzene rings is 1.